The predicted octanol–water partition coefficient (Wildman–Crippen LogP) is 3.44. The Morgan fingerprint density at radius 3 is 2.36 bits per heavy atom. The van der Waals surface area contributed by atoms with Crippen molar-refractivity contribution in [2.45, 2.75) is 61.9 Å². The molecule has 10 nitrogen and oxygen atoms in total. The van der Waals surface area contributed by atoms with Crippen molar-refractivity contribution in [3.8, 4) is 0 Å². The first-order chi connectivity index (χ1) is 20.2. The molecule has 3 N–H and O–H groups in total. The number of hydrogen-bond donors (Lipinski definition) is 3. The van der Waals surface area contributed by atoms with Crippen LogP contribution < -0.4 is 10.6 Å². The number of carbonyl (C=O) groups excluding carboxylic acids is 2. The zero-order chi connectivity index (χ0) is 30.0. The molecule has 0 saturated carbocycles. The van der Waals surface area contributed by atoms with E-state index in [0.717, 1.165) is 11.4 Å². The summed E-state index contributed by atoms with van der Waals surface area (Å²) in [6.07, 6.45) is 4.70. The highest BCUT2D eigenvalue weighted by Crippen LogP contribution is 2.25. The number of rotatable bonds is 14. The van der Waals surface area contributed by atoms with Gasteiger partial charge in [-0.05, 0) is 54.7 Å². The van der Waals surface area contributed by atoms with Gasteiger partial charge in [0.05, 0.1) is 4.90 Å². The zero-order valence-electron chi connectivity index (χ0n) is 23.3. The van der Waals surface area contributed by atoms with Crippen LogP contribution in [0.4, 0.5) is 5.82 Å². The van der Waals surface area contributed by atoms with Crippen LogP contribution in [0, 0.1) is 0 Å². The summed E-state index contributed by atoms with van der Waals surface area (Å²) in [5, 5.41) is 15.6. The molecule has 2 unspecified atom stereocenters. The Morgan fingerprint density at radius 1 is 0.952 bits per heavy atom. The lowest BCUT2D eigenvalue weighted by atomic mass is 10.00. The van der Waals surface area contributed by atoms with Gasteiger partial charge in [0.15, 0.2) is 0 Å². The van der Waals surface area contributed by atoms with Gasteiger partial charge in [-0.2, -0.15) is 4.31 Å². The number of carboxylic acid groups (broad SMARTS) is 1. The van der Waals surface area contributed by atoms with Gasteiger partial charge in [-0.1, -0.05) is 55.0 Å². The molecule has 1 aromatic heterocycles. The molecule has 1 aliphatic rings. The lowest BCUT2D eigenvalue weighted by Crippen LogP contribution is -2.55. The number of benzene rings is 2. The van der Waals surface area contributed by atoms with Crippen LogP contribution in [0.5, 0.6) is 0 Å². The number of Topliss-reactive ketones (excluding diaryl/α,β-unsaturated/α-hetero) is 1. The third-order valence-corrected chi connectivity index (χ3v) is 9.11. The van der Waals surface area contributed by atoms with E-state index >= 15 is 0 Å². The van der Waals surface area contributed by atoms with Crippen molar-refractivity contribution in [3.05, 3.63) is 90.1 Å². The number of carbonyl (C=O) groups is 3. The second-order valence-corrected chi connectivity index (χ2v) is 12.2. The number of anilines is 1. The number of carboxylic acids is 1. The third kappa shape index (κ3) is 8.46. The number of hydrogen-bond acceptors (Lipinski definition) is 7. The molecule has 1 aliphatic heterocycles. The van der Waals surface area contributed by atoms with Gasteiger partial charge in [0.2, 0.25) is 15.9 Å². The molecule has 4 rings (SSSR count). The molecule has 11 heteroatoms. The topological polar surface area (TPSA) is 146 Å². The largest absolute Gasteiger partial charge is 0.480 e. The number of ketones is 1. The van der Waals surface area contributed by atoms with Gasteiger partial charge in [0.1, 0.15) is 23.7 Å². The van der Waals surface area contributed by atoms with Crippen LogP contribution in [-0.2, 0) is 37.2 Å². The highest BCUT2D eigenvalue weighted by Gasteiger charge is 2.38. The SMILES string of the molecule is O=C(CCCNc1ccccn1)Cc1ccc(CC(NC(=O)C2CCCCN2S(=O)(=O)c2ccccc2)C(=O)O)cc1. The average Bonchev–Trinajstić information content (AvgIpc) is 3.00. The van der Waals surface area contributed by atoms with Crippen molar-refractivity contribution in [2.75, 3.05) is 18.4 Å². The summed E-state index contributed by atoms with van der Waals surface area (Å²) in [4.78, 5) is 42.0. The molecule has 1 saturated heterocycles. The maximum absolute atomic E-state index is 13.3. The predicted molar refractivity (Wildman–Crippen MR) is 158 cm³/mol. The molecule has 2 heterocycles. The van der Waals surface area contributed by atoms with Crippen molar-refractivity contribution in [2.24, 2.45) is 0 Å². The van der Waals surface area contributed by atoms with Gasteiger partial charge in [0, 0.05) is 38.5 Å². The van der Waals surface area contributed by atoms with Gasteiger partial charge in [0.25, 0.3) is 0 Å². The quantitative estimate of drug-likeness (QED) is 0.241. The number of pyridine rings is 1. The van der Waals surface area contributed by atoms with Crippen molar-refractivity contribution < 1.29 is 27.9 Å². The average molecular weight is 593 g/mol. The van der Waals surface area contributed by atoms with E-state index in [2.05, 4.69) is 15.6 Å². The van der Waals surface area contributed by atoms with E-state index in [-0.39, 0.29) is 30.1 Å². The fourth-order valence-electron chi connectivity index (χ4n) is 4.96. The Hall–Kier alpha value is -4.09. The number of piperidine rings is 1. The molecule has 0 bridgehead atoms. The summed E-state index contributed by atoms with van der Waals surface area (Å²) < 4.78 is 27.7. The maximum atomic E-state index is 13.3. The summed E-state index contributed by atoms with van der Waals surface area (Å²) in [6, 6.07) is 18.4. The van der Waals surface area contributed by atoms with E-state index in [9.17, 15) is 27.9 Å². The van der Waals surface area contributed by atoms with E-state index in [1.54, 1.807) is 48.7 Å². The van der Waals surface area contributed by atoms with E-state index < -0.39 is 34.0 Å². The first-order valence-electron chi connectivity index (χ1n) is 14.1. The number of nitrogens with one attached hydrogen (secondary N) is 2. The highest BCUT2D eigenvalue weighted by atomic mass is 32.2. The molecule has 0 radical (unpaired) electrons. The number of aromatic nitrogens is 1. The number of aliphatic carboxylic acids is 1. The second-order valence-electron chi connectivity index (χ2n) is 10.3. The Balaban J connectivity index is 1.30. The smallest absolute Gasteiger partial charge is 0.326 e. The van der Waals surface area contributed by atoms with E-state index in [1.165, 1.54) is 16.4 Å². The molecule has 2 aromatic carbocycles. The number of nitrogens with zero attached hydrogens (tertiary/aromatic N) is 2. The Morgan fingerprint density at radius 2 is 1.67 bits per heavy atom. The van der Waals surface area contributed by atoms with Gasteiger partial charge in [-0.15, -0.1) is 0 Å². The van der Waals surface area contributed by atoms with Crippen molar-refractivity contribution >= 4 is 33.5 Å². The fourth-order valence-corrected chi connectivity index (χ4v) is 6.64. The first kappa shape index (κ1) is 30.9. The molecule has 1 amide bonds. The molecule has 1 fully saturated rings. The minimum Gasteiger partial charge on any atom is -0.480 e. The van der Waals surface area contributed by atoms with Crippen LogP contribution in [0.15, 0.2) is 83.9 Å². The van der Waals surface area contributed by atoms with Crippen LogP contribution in [-0.4, -0.2) is 65.6 Å². The first-order valence-corrected chi connectivity index (χ1v) is 15.5. The van der Waals surface area contributed by atoms with E-state index in [0.29, 0.717) is 44.2 Å². The molecular formula is C31H36N4O6S. The minimum atomic E-state index is -3.92. The molecular weight excluding hydrogens is 556 g/mol. The molecule has 0 spiro atoms. The molecule has 42 heavy (non-hydrogen) atoms. The van der Waals surface area contributed by atoms with E-state index in [4.69, 9.17) is 0 Å². The fraction of sp³-hybridized carbons (Fsp3) is 0.355. The van der Waals surface area contributed by atoms with Crippen molar-refractivity contribution in [1.82, 2.24) is 14.6 Å². The summed E-state index contributed by atoms with van der Waals surface area (Å²) in [5.74, 6) is -0.968. The molecule has 2 atom stereocenters. The van der Waals surface area contributed by atoms with Crippen LogP contribution in [0.3, 0.4) is 0 Å². The number of amides is 1. The normalized spacial score (nSPS) is 16.3. The molecule has 3 aromatic rings. The van der Waals surface area contributed by atoms with Crippen LogP contribution in [0.25, 0.3) is 0 Å². The van der Waals surface area contributed by atoms with Gasteiger partial charge >= 0.3 is 5.97 Å². The summed E-state index contributed by atoms with van der Waals surface area (Å²) >= 11 is 0. The summed E-state index contributed by atoms with van der Waals surface area (Å²) in [6.45, 7) is 0.828. The lowest BCUT2D eigenvalue weighted by Gasteiger charge is -2.34. The monoisotopic (exact) mass is 592 g/mol. The van der Waals surface area contributed by atoms with Crippen LogP contribution in [0.2, 0.25) is 0 Å². The second kappa shape index (κ2) is 14.7. The van der Waals surface area contributed by atoms with Gasteiger partial charge in [-0.3, -0.25) is 9.59 Å². The standard InChI is InChI=1S/C31H36N4O6S/c36-25(9-8-19-33-29-13-4-6-18-32-29)21-23-14-16-24(17-15-23)22-27(31(38)39)34-30(37)28-12-5-7-20-35(28)42(40,41)26-10-2-1-3-11-26/h1-4,6,10-11,13-18,27-28H,5,7-9,12,19-22H2,(H,32,33)(H,34,37)(H,38,39). The Labute approximate surface area is 246 Å². The summed E-state index contributed by atoms with van der Waals surface area (Å²) in [7, 11) is -3.92. The third-order valence-electron chi connectivity index (χ3n) is 7.19. The molecule has 222 valence electrons. The van der Waals surface area contributed by atoms with Crippen LogP contribution >= 0.6 is 0 Å². The van der Waals surface area contributed by atoms with Crippen molar-refractivity contribution in [3.63, 3.8) is 0 Å². The van der Waals surface area contributed by atoms with Gasteiger partial charge in [-0.25, -0.2) is 18.2 Å². The Bertz CT molecular complexity index is 1450. The zero-order valence-corrected chi connectivity index (χ0v) is 24.1. The number of sulfonamides is 1. The van der Waals surface area contributed by atoms with Crippen LogP contribution in [0.1, 0.15) is 43.2 Å². The highest BCUT2D eigenvalue weighted by molar-refractivity contribution is 7.89. The minimum absolute atomic E-state index is 0.0205. The molecule has 0 aliphatic carbocycles. The maximum Gasteiger partial charge on any atom is 0.326 e. The van der Waals surface area contributed by atoms with E-state index in [1.807, 2.05) is 18.2 Å². The van der Waals surface area contributed by atoms with Crippen molar-refractivity contribution in [1.29, 1.82) is 0 Å². The lowest BCUT2D eigenvalue weighted by molar-refractivity contribution is -0.142. The Kier molecular flexibility index (Phi) is 10.8. The van der Waals surface area contributed by atoms with Gasteiger partial charge < -0.3 is 15.7 Å². The summed E-state index contributed by atoms with van der Waals surface area (Å²) in [5.41, 5.74) is 1.50.